The number of likely N-dealkylation sites (tertiary alicyclic amines) is 1. The lowest BCUT2D eigenvalue weighted by Crippen LogP contribution is -2.50. The second-order valence-electron chi connectivity index (χ2n) is 12.2. The Morgan fingerprint density at radius 1 is 0.951 bits per heavy atom. The molecule has 2 aliphatic rings. The summed E-state index contributed by atoms with van der Waals surface area (Å²) < 4.78 is 35.4. The molecule has 1 fully saturated rings. The number of benzene rings is 3. The summed E-state index contributed by atoms with van der Waals surface area (Å²) >= 11 is 0. The number of rotatable bonds is 7. The van der Waals surface area contributed by atoms with Crippen LogP contribution >= 0.6 is 0 Å². The van der Waals surface area contributed by atoms with Gasteiger partial charge in [0.1, 0.15) is 5.75 Å². The van der Waals surface area contributed by atoms with Gasteiger partial charge in [-0.3, -0.25) is 14.0 Å². The molecule has 0 bridgehead atoms. The molecule has 1 saturated heterocycles. The summed E-state index contributed by atoms with van der Waals surface area (Å²) in [6.45, 7) is 11.4. The van der Waals surface area contributed by atoms with E-state index in [-0.39, 0.29) is 22.8 Å². The summed E-state index contributed by atoms with van der Waals surface area (Å²) in [6, 6.07) is 20.5. The van der Waals surface area contributed by atoms with Crippen molar-refractivity contribution in [3.8, 4) is 5.75 Å². The maximum atomic E-state index is 13.9. The fraction of sp³-hybridized carbons (Fsp3) is 0.424. The highest BCUT2D eigenvalue weighted by Crippen LogP contribution is 2.40. The van der Waals surface area contributed by atoms with Crippen LogP contribution in [0.3, 0.4) is 0 Å². The van der Waals surface area contributed by atoms with Crippen LogP contribution in [0.2, 0.25) is 0 Å². The number of nitrogens with zero attached hydrogens (tertiary/aromatic N) is 2. The summed E-state index contributed by atoms with van der Waals surface area (Å²) in [5.41, 5.74) is 4.47. The van der Waals surface area contributed by atoms with E-state index in [1.54, 1.807) is 30.3 Å². The number of carbonyl (C=O) groups is 1. The molecule has 0 aliphatic carbocycles. The van der Waals surface area contributed by atoms with Gasteiger partial charge in [0, 0.05) is 13.1 Å². The van der Waals surface area contributed by atoms with Crippen molar-refractivity contribution in [1.82, 2.24) is 10.2 Å². The fourth-order valence-corrected chi connectivity index (χ4v) is 6.93. The highest BCUT2D eigenvalue weighted by molar-refractivity contribution is 7.92. The number of fused-ring (bicyclic) bond motifs is 1. The Balaban J connectivity index is 1.39. The first kappa shape index (κ1) is 29.1. The molecule has 2 aliphatic heterocycles. The molecule has 0 aromatic heterocycles. The monoisotopic (exact) mass is 575 g/mol. The minimum absolute atomic E-state index is 0.113. The van der Waals surface area contributed by atoms with E-state index >= 15 is 0 Å². The zero-order valence-electron chi connectivity index (χ0n) is 24.5. The summed E-state index contributed by atoms with van der Waals surface area (Å²) in [5.74, 6) is 0.0398. The molecule has 2 heterocycles. The van der Waals surface area contributed by atoms with E-state index in [9.17, 15) is 13.2 Å². The number of anilines is 1. The molecule has 1 atom stereocenters. The van der Waals surface area contributed by atoms with Gasteiger partial charge in [-0.25, -0.2) is 8.42 Å². The smallest absolute Gasteiger partial charge is 0.264 e. The molecule has 8 heteroatoms. The third-order valence-electron chi connectivity index (χ3n) is 8.01. The highest BCUT2D eigenvalue weighted by Gasteiger charge is 2.38. The first-order chi connectivity index (χ1) is 19.5. The Morgan fingerprint density at radius 2 is 1.63 bits per heavy atom. The quantitative estimate of drug-likeness (QED) is 0.400. The van der Waals surface area contributed by atoms with Crippen LogP contribution in [-0.2, 0) is 33.3 Å². The molecule has 7 nitrogen and oxygen atoms in total. The summed E-state index contributed by atoms with van der Waals surface area (Å²) in [6.07, 6.45) is 2.74. The van der Waals surface area contributed by atoms with Gasteiger partial charge in [-0.2, -0.15) is 0 Å². The second kappa shape index (κ2) is 11.9. The van der Waals surface area contributed by atoms with E-state index in [1.807, 2.05) is 37.3 Å². The van der Waals surface area contributed by atoms with E-state index in [1.165, 1.54) is 29.1 Å². The van der Waals surface area contributed by atoms with Crippen LogP contribution < -0.4 is 14.4 Å². The topological polar surface area (TPSA) is 79.0 Å². The van der Waals surface area contributed by atoms with Crippen LogP contribution in [0.1, 0.15) is 62.3 Å². The number of carbonyl (C=O) groups excluding carboxylic acids is 1. The molecule has 218 valence electrons. The highest BCUT2D eigenvalue weighted by atomic mass is 32.2. The zero-order chi connectivity index (χ0) is 29.2. The van der Waals surface area contributed by atoms with Gasteiger partial charge in [0.15, 0.2) is 6.10 Å². The lowest BCUT2D eigenvalue weighted by atomic mass is 9.86. The van der Waals surface area contributed by atoms with Crippen LogP contribution in [-0.4, -0.2) is 45.0 Å². The minimum atomic E-state index is -3.94. The van der Waals surface area contributed by atoms with Gasteiger partial charge in [-0.1, -0.05) is 75.2 Å². The van der Waals surface area contributed by atoms with Crippen LogP contribution in [0.5, 0.6) is 5.75 Å². The largest absolute Gasteiger partial charge is 0.476 e. The third kappa shape index (κ3) is 6.60. The Kier molecular flexibility index (Phi) is 8.43. The molecule has 0 unspecified atom stereocenters. The number of piperidine rings is 1. The van der Waals surface area contributed by atoms with Crippen molar-refractivity contribution in [3.05, 3.63) is 89.0 Å². The van der Waals surface area contributed by atoms with Crippen molar-refractivity contribution in [2.24, 2.45) is 0 Å². The van der Waals surface area contributed by atoms with Gasteiger partial charge in [-0.05, 0) is 79.2 Å². The summed E-state index contributed by atoms with van der Waals surface area (Å²) in [7, 11) is -3.94. The maximum Gasteiger partial charge on any atom is 0.264 e. The molecule has 1 amide bonds. The van der Waals surface area contributed by atoms with E-state index in [0.29, 0.717) is 18.0 Å². The SMILES string of the molecule is Cc1ccc(S(=O)(=O)N2C[C@H](C(=O)NCc3ccccc3CN3CCCCC3)Oc3ccc(C(C)(C)C)cc32)cc1. The maximum absolute atomic E-state index is 13.9. The van der Waals surface area contributed by atoms with Crippen molar-refractivity contribution >= 4 is 21.6 Å². The molecular weight excluding hydrogens is 534 g/mol. The van der Waals surface area contributed by atoms with E-state index in [4.69, 9.17) is 4.74 Å². The zero-order valence-corrected chi connectivity index (χ0v) is 25.3. The molecule has 0 spiro atoms. The van der Waals surface area contributed by atoms with Crippen LogP contribution in [0.25, 0.3) is 0 Å². The molecule has 41 heavy (non-hydrogen) atoms. The Morgan fingerprint density at radius 3 is 2.32 bits per heavy atom. The molecule has 3 aromatic rings. The standard InChI is InChI=1S/C33H41N3O4S/c1-24-12-15-28(16-13-24)41(38,39)36-23-31(40-30-17-14-27(20-29(30)36)33(2,3)4)32(37)34-21-25-10-6-7-11-26(25)22-35-18-8-5-9-19-35/h6-7,10-17,20,31H,5,8-9,18-19,21-23H2,1-4H3,(H,34,37)/t31-/m1/s1. The lowest BCUT2D eigenvalue weighted by Gasteiger charge is -2.36. The van der Waals surface area contributed by atoms with E-state index in [2.05, 4.69) is 37.1 Å². The van der Waals surface area contributed by atoms with Crippen molar-refractivity contribution in [3.63, 3.8) is 0 Å². The Hall–Kier alpha value is -3.36. The first-order valence-corrected chi connectivity index (χ1v) is 15.9. The number of hydrogen-bond donors (Lipinski definition) is 1. The third-order valence-corrected chi connectivity index (χ3v) is 9.80. The van der Waals surface area contributed by atoms with Crippen molar-refractivity contribution in [2.45, 2.75) is 76.5 Å². The van der Waals surface area contributed by atoms with Crippen molar-refractivity contribution in [1.29, 1.82) is 0 Å². The van der Waals surface area contributed by atoms with Crippen LogP contribution in [0, 0.1) is 6.92 Å². The minimum Gasteiger partial charge on any atom is -0.476 e. The number of sulfonamides is 1. The lowest BCUT2D eigenvalue weighted by molar-refractivity contribution is -0.127. The van der Waals surface area contributed by atoms with Crippen molar-refractivity contribution in [2.75, 3.05) is 23.9 Å². The molecule has 3 aromatic carbocycles. The number of aryl methyl sites for hydroxylation is 1. The normalized spacial score (nSPS) is 18.0. The number of nitrogens with one attached hydrogen (secondary N) is 1. The Labute approximate surface area is 244 Å². The number of ether oxygens (including phenoxy) is 1. The van der Waals surface area contributed by atoms with Gasteiger partial charge in [0.2, 0.25) is 0 Å². The van der Waals surface area contributed by atoms with Gasteiger partial charge >= 0.3 is 0 Å². The van der Waals surface area contributed by atoms with Gasteiger partial charge in [0.25, 0.3) is 15.9 Å². The van der Waals surface area contributed by atoms with E-state index in [0.717, 1.165) is 36.3 Å². The van der Waals surface area contributed by atoms with Crippen LogP contribution in [0.15, 0.2) is 71.6 Å². The summed E-state index contributed by atoms with van der Waals surface area (Å²) in [4.78, 5) is 16.1. The fourth-order valence-electron chi connectivity index (χ4n) is 5.46. The van der Waals surface area contributed by atoms with Gasteiger partial charge in [0.05, 0.1) is 17.1 Å². The number of amides is 1. The molecule has 0 saturated carbocycles. The van der Waals surface area contributed by atoms with Gasteiger partial charge in [-0.15, -0.1) is 0 Å². The molecule has 1 N–H and O–H groups in total. The molecule has 5 rings (SSSR count). The second-order valence-corrected chi connectivity index (χ2v) is 14.1. The van der Waals surface area contributed by atoms with E-state index < -0.39 is 16.1 Å². The first-order valence-electron chi connectivity index (χ1n) is 14.5. The molecule has 0 radical (unpaired) electrons. The van der Waals surface area contributed by atoms with Crippen LogP contribution in [0.4, 0.5) is 5.69 Å². The molecular formula is C33H41N3O4S. The predicted octanol–water partition coefficient (Wildman–Crippen LogP) is 5.55. The van der Waals surface area contributed by atoms with Crippen molar-refractivity contribution < 1.29 is 17.9 Å². The predicted molar refractivity (Wildman–Crippen MR) is 163 cm³/mol. The summed E-state index contributed by atoms with van der Waals surface area (Å²) in [5, 5.41) is 3.03. The Bertz CT molecular complexity index is 1490. The average Bonchev–Trinajstić information content (AvgIpc) is 2.96. The van der Waals surface area contributed by atoms with Gasteiger partial charge < -0.3 is 10.1 Å². The average molecular weight is 576 g/mol. The number of hydrogen-bond acceptors (Lipinski definition) is 5.